The van der Waals surface area contributed by atoms with Gasteiger partial charge in [-0.1, -0.05) is 29.4 Å². The predicted octanol–water partition coefficient (Wildman–Crippen LogP) is 2.43. The smallest absolute Gasteiger partial charge is 0.252 e. The molecule has 0 bridgehead atoms. The largest absolute Gasteiger partial charge is 0.368 e. The summed E-state index contributed by atoms with van der Waals surface area (Å²) in [5.74, 6) is 1.10. The van der Waals surface area contributed by atoms with Gasteiger partial charge in [-0.2, -0.15) is 4.98 Å². The molecule has 2 saturated heterocycles. The number of hydrogen-bond donors (Lipinski definition) is 1. The minimum Gasteiger partial charge on any atom is -0.368 e. The SMILES string of the molecule is NCc1ccc(-c2noc(C3CCCCN3C(=O)C3CCCO3)n2)cc1. The summed E-state index contributed by atoms with van der Waals surface area (Å²) < 4.78 is 11.1. The first-order chi connectivity index (χ1) is 12.8. The maximum Gasteiger partial charge on any atom is 0.252 e. The van der Waals surface area contributed by atoms with Crippen molar-refractivity contribution >= 4 is 5.91 Å². The van der Waals surface area contributed by atoms with Crippen molar-refractivity contribution in [2.24, 2.45) is 5.73 Å². The maximum atomic E-state index is 12.8. The highest BCUT2D eigenvalue weighted by Gasteiger charge is 2.37. The van der Waals surface area contributed by atoms with Gasteiger partial charge in [-0.05, 0) is 37.7 Å². The average molecular weight is 356 g/mol. The molecule has 0 radical (unpaired) electrons. The third kappa shape index (κ3) is 3.37. The zero-order chi connectivity index (χ0) is 17.9. The van der Waals surface area contributed by atoms with Crippen molar-refractivity contribution in [3.63, 3.8) is 0 Å². The zero-order valence-corrected chi connectivity index (χ0v) is 14.8. The lowest BCUT2D eigenvalue weighted by molar-refractivity contribution is -0.145. The van der Waals surface area contributed by atoms with Crippen molar-refractivity contribution in [1.29, 1.82) is 0 Å². The third-order valence-electron chi connectivity index (χ3n) is 5.17. The number of nitrogens with two attached hydrogens (primary N) is 1. The molecule has 0 saturated carbocycles. The first-order valence-electron chi connectivity index (χ1n) is 9.31. The minimum absolute atomic E-state index is 0.0549. The lowest BCUT2D eigenvalue weighted by Gasteiger charge is -2.34. The molecular formula is C19H24N4O3. The molecule has 1 amide bonds. The number of amides is 1. The summed E-state index contributed by atoms with van der Waals surface area (Å²) in [7, 11) is 0. The van der Waals surface area contributed by atoms with Crippen LogP contribution in [0.2, 0.25) is 0 Å². The molecule has 138 valence electrons. The molecular weight excluding hydrogens is 332 g/mol. The van der Waals surface area contributed by atoms with Crippen LogP contribution in [0.25, 0.3) is 11.4 Å². The molecule has 2 atom stereocenters. The number of hydrogen-bond acceptors (Lipinski definition) is 6. The van der Waals surface area contributed by atoms with Crippen molar-refractivity contribution in [2.75, 3.05) is 13.2 Å². The van der Waals surface area contributed by atoms with Gasteiger partial charge in [-0.25, -0.2) is 0 Å². The molecule has 2 unspecified atom stereocenters. The fourth-order valence-corrected chi connectivity index (χ4v) is 3.69. The van der Waals surface area contributed by atoms with Crippen molar-refractivity contribution in [3.05, 3.63) is 35.7 Å². The summed E-state index contributed by atoms with van der Waals surface area (Å²) in [5, 5.41) is 4.12. The monoisotopic (exact) mass is 356 g/mol. The third-order valence-corrected chi connectivity index (χ3v) is 5.17. The summed E-state index contributed by atoms with van der Waals surface area (Å²) in [4.78, 5) is 19.3. The summed E-state index contributed by atoms with van der Waals surface area (Å²) in [5.41, 5.74) is 7.57. The minimum atomic E-state index is -0.318. The van der Waals surface area contributed by atoms with Crippen molar-refractivity contribution in [3.8, 4) is 11.4 Å². The van der Waals surface area contributed by atoms with Crippen LogP contribution in [0.5, 0.6) is 0 Å². The number of carbonyl (C=O) groups is 1. The van der Waals surface area contributed by atoms with Crippen LogP contribution in [0.15, 0.2) is 28.8 Å². The van der Waals surface area contributed by atoms with E-state index in [0.29, 0.717) is 31.4 Å². The second-order valence-electron chi connectivity index (χ2n) is 6.90. The van der Waals surface area contributed by atoms with Gasteiger partial charge in [0.25, 0.3) is 5.91 Å². The molecule has 3 heterocycles. The van der Waals surface area contributed by atoms with Gasteiger partial charge >= 0.3 is 0 Å². The van der Waals surface area contributed by atoms with Gasteiger partial charge in [0.1, 0.15) is 12.1 Å². The van der Waals surface area contributed by atoms with E-state index >= 15 is 0 Å². The van der Waals surface area contributed by atoms with Crippen LogP contribution in [0.1, 0.15) is 49.6 Å². The topological polar surface area (TPSA) is 94.5 Å². The average Bonchev–Trinajstić information content (AvgIpc) is 3.40. The van der Waals surface area contributed by atoms with Gasteiger partial charge in [0.2, 0.25) is 11.7 Å². The van der Waals surface area contributed by atoms with Crippen molar-refractivity contribution in [2.45, 2.75) is 50.8 Å². The van der Waals surface area contributed by atoms with Gasteiger partial charge in [0, 0.05) is 25.3 Å². The Bertz CT molecular complexity index is 752. The number of benzene rings is 1. The molecule has 2 aromatic rings. The molecule has 26 heavy (non-hydrogen) atoms. The van der Waals surface area contributed by atoms with E-state index in [1.54, 1.807) is 0 Å². The second kappa shape index (κ2) is 7.55. The second-order valence-corrected chi connectivity index (χ2v) is 6.90. The van der Waals surface area contributed by atoms with E-state index in [1.165, 1.54) is 0 Å². The molecule has 2 N–H and O–H groups in total. The van der Waals surface area contributed by atoms with E-state index in [1.807, 2.05) is 29.2 Å². The van der Waals surface area contributed by atoms with Crippen molar-refractivity contribution in [1.82, 2.24) is 15.0 Å². The number of nitrogens with zero attached hydrogens (tertiary/aromatic N) is 3. The quantitative estimate of drug-likeness (QED) is 0.904. The summed E-state index contributed by atoms with van der Waals surface area (Å²) in [6.45, 7) is 1.88. The molecule has 1 aromatic carbocycles. The molecule has 4 rings (SSSR count). The van der Waals surface area contributed by atoms with Crippen LogP contribution in [0.3, 0.4) is 0 Å². The number of ether oxygens (including phenoxy) is 1. The van der Waals surface area contributed by atoms with E-state index in [2.05, 4.69) is 10.1 Å². The van der Waals surface area contributed by atoms with Gasteiger partial charge in [-0.15, -0.1) is 0 Å². The zero-order valence-electron chi connectivity index (χ0n) is 14.8. The lowest BCUT2D eigenvalue weighted by Crippen LogP contribution is -2.44. The molecule has 2 aliphatic heterocycles. The number of piperidine rings is 1. The fourth-order valence-electron chi connectivity index (χ4n) is 3.69. The normalized spacial score (nSPS) is 23.3. The Kier molecular flexibility index (Phi) is 4.99. The summed E-state index contributed by atoms with van der Waals surface area (Å²) in [6, 6.07) is 7.63. The molecule has 7 nitrogen and oxygen atoms in total. The number of rotatable bonds is 4. The highest BCUT2D eigenvalue weighted by atomic mass is 16.5. The number of carbonyl (C=O) groups excluding carboxylic acids is 1. The standard InChI is InChI=1S/C19H24N4O3/c20-12-13-6-8-14(9-7-13)17-21-18(26-22-17)15-4-1-2-10-23(15)19(24)16-5-3-11-25-16/h6-9,15-16H,1-5,10-12,20H2. The van der Waals surface area contributed by atoms with E-state index in [4.69, 9.17) is 15.0 Å². The predicted molar refractivity (Wildman–Crippen MR) is 94.9 cm³/mol. The summed E-state index contributed by atoms with van der Waals surface area (Å²) >= 11 is 0. The Morgan fingerprint density at radius 3 is 2.77 bits per heavy atom. The Balaban J connectivity index is 1.54. The van der Waals surface area contributed by atoms with E-state index in [-0.39, 0.29) is 18.1 Å². The first-order valence-corrected chi connectivity index (χ1v) is 9.31. The highest BCUT2D eigenvalue weighted by Crippen LogP contribution is 2.33. The fraction of sp³-hybridized carbons (Fsp3) is 0.526. The Morgan fingerprint density at radius 1 is 1.19 bits per heavy atom. The van der Waals surface area contributed by atoms with Gasteiger partial charge in [0.05, 0.1) is 0 Å². The molecule has 1 aromatic heterocycles. The molecule has 2 fully saturated rings. The van der Waals surface area contributed by atoms with E-state index in [0.717, 1.165) is 43.2 Å². The molecule has 0 aliphatic carbocycles. The van der Waals surface area contributed by atoms with Crippen molar-refractivity contribution < 1.29 is 14.1 Å². The Morgan fingerprint density at radius 2 is 2.04 bits per heavy atom. The summed E-state index contributed by atoms with van der Waals surface area (Å²) in [6.07, 6.45) is 4.30. The van der Waals surface area contributed by atoms with Crippen LogP contribution in [-0.4, -0.2) is 40.2 Å². The van der Waals surface area contributed by atoms with Gasteiger partial charge < -0.3 is 19.9 Å². The molecule has 7 heteroatoms. The van der Waals surface area contributed by atoms with Crippen LogP contribution in [0.4, 0.5) is 0 Å². The Labute approximate surface area is 152 Å². The van der Waals surface area contributed by atoms with Gasteiger partial charge in [0.15, 0.2) is 0 Å². The lowest BCUT2D eigenvalue weighted by atomic mass is 10.0. The van der Waals surface area contributed by atoms with E-state index in [9.17, 15) is 4.79 Å². The van der Waals surface area contributed by atoms with Crippen LogP contribution in [-0.2, 0) is 16.1 Å². The number of likely N-dealkylation sites (tertiary alicyclic amines) is 1. The maximum absolute atomic E-state index is 12.8. The first kappa shape index (κ1) is 17.2. The molecule has 0 spiro atoms. The van der Waals surface area contributed by atoms with Gasteiger partial charge in [-0.3, -0.25) is 4.79 Å². The van der Waals surface area contributed by atoms with Crippen LogP contribution < -0.4 is 5.73 Å². The number of aromatic nitrogens is 2. The van der Waals surface area contributed by atoms with Crippen LogP contribution >= 0.6 is 0 Å². The Hall–Kier alpha value is -2.25. The van der Waals surface area contributed by atoms with E-state index < -0.39 is 0 Å². The highest BCUT2D eigenvalue weighted by molar-refractivity contribution is 5.81. The molecule has 2 aliphatic rings. The van der Waals surface area contributed by atoms with Crippen LogP contribution in [0, 0.1) is 0 Å².